The number of hydrogen-bond acceptors (Lipinski definition) is 4. The summed E-state index contributed by atoms with van der Waals surface area (Å²) in [5.74, 6) is -3.21. The van der Waals surface area contributed by atoms with Crippen molar-refractivity contribution in [1.29, 1.82) is 0 Å². The minimum atomic E-state index is -1.00. The Morgan fingerprint density at radius 1 is 1.11 bits per heavy atom. The summed E-state index contributed by atoms with van der Waals surface area (Å²) in [6.45, 7) is 0. The Bertz CT molecular complexity index is 569. The van der Waals surface area contributed by atoms with Gasteiger partial charge in [0.15, 0.2) is 0 Å². The fourth-order valence-corrected chi connectivity index (χ4v) is 2.36. The maximum Gasteiger partial charge on any atom is 0.263 e. The number of nitrogens with zero attached hydrogens (tertiary/aromatic N) is 1. The van der Waals surface area contributed by atoms with Gasteiger partial charge < -0.3 is 10.5 Å². The zero-order valence-corrected chi connectivity index (χ0v) is 9.73. The first kappa shape index (κ1) is 12.0. The molecular formula is C12H10F2N2O3. The van der Waals surface area contributed by atoms with Crippen LogP contribution in [0, 0.1) is 11.6 Å². The second-order valence-electron chi connectivity index (χ2n) is 4.53. The number of benzene rings is 1. The number of morpholine rings is 1. The van der Waals surface area contributed by atoms with E-state index in [1.807, 2.05) is 0 Å². The summed E-state index contributed by atoms with van der Waals surface area (Å²) in [6.07, 6.45) is -0.643. The van der Waals surface area contributed by atoms with Crippen LogP contribution in [0.4, 0.5) is 20.2 Å². The van der Waals surface area contributed by atoms with Crippen molar-refractivity contribution in [2.75, 3.05) is 10.6 Å². The topological polar surface area (TPSA) is 72.6 Å². The van der Waals surface area contributed by atoms with Gasteiger partial charge in [0.05, 0.1) is 11.4 Å². The van der Waals surface area contributed by atoms with Crippen molar-refractivity contribution in [3.8, 4) is 0 Å². The predicted molar refractivity (Wildman–Crippen MR) is 61.2 cm³/mol. The molecule has 2 unspecified atom stereocenters. The molecule has 2 heterocycles. The van der Waals surface area contributed by atoms with Gasteiger partial charge in [-0.2, -0.15) is 0 Å². The molecule has 0 radical (unpaired) electrons. The van der Waals surface area contributed by atoms with E-state index in [0.29, 0.717) is 23.8 Å². The number of imide groups is 1. The Morgan fingerprint density at radius 2 is 1.68 bits per heavy atom. The first-order valence-corrected chi connectivity index (χ1v) is 5.77. The van der Waals surface area contributed by atoms with Crippen molar-refractivity contribution in [2.24, 2.45) is 0 Å². The number of rotatable bonds is 1. The molecule has 0 spiro atoms. The average molecular weight is 268 g/mol. The number of halogens is 2. The highest BCUT2D eigenvalue weighted by Gasteiger charge is 2.47. The molecule has 2 N–H and O–H groups in total. The third-order valence-electron chi connectivity index (χ3n) is 3.32. The molecule has 19 heavy (non-hydrogen) atoms. The third-order valence-corrected chi connectivity index (χ3v) is 3.32. The first-order chi connectivity index (χ1) is 8.99. The van der Waals surface area contributed by atoms with E-state index in [9.17, 15) is 18.4 Å². The quantitative estimate of drug-likeness (QED) is 0.608. The summed E-state index contributed by atoms with van der Waals surface area (Å²) in [5.41, 5.74) is 4.70. The maximum absolute atomic E-state index is 13.8. The second-order valence-corrected chi connectivity index (χ2v) is 4.53. The standard InChI is InChI=1S/C12H10F2N2O3/c13-5-3-6(14)8(4-7(5)15)16-11(17)9-1-2-10(19-9)12(16)18/h3-4,9-10H,1-2,15H2. The van der Waals surface area contributed by atoms with Crippen LogP contribution in [0.15, 0.2) is 12.1 Å². The molecule has 2 fully saturated rings. The Labute approximate surface area is 106 Å². The van der Waals surface area contributed by atoms with Crippen LogP contribution in [0.1, 0.15) is 12.8 Å². The predicted octanol–water partition coefficient (Wildman–Crippen LogP) is 0.968. The number of carbonyl (C=O) groups is 2. The number of nitrogens with two attached hydrogens (primary N) is 1. The van der Waals surface area contributed by atoms with Crippen molar-refractivity contribution in [2.45, 2.75) is 25.0 Å². The molecule has 2 aliphatic rings. The summed E-state index contributed by atoms with van der Waals surface area (Å²) in [4.78, 5) is 24.7. The first-order valence-electron chi connectivity index (χ1n) is 5.77. The van der Waals surface area contributed by atoms with Crippen LogP contribution in [0.5, 0.6) is 0 Å². The number of hydrogen-bond donors (Lipinski definition) is 1. The highest BCUT2D eigenvalue weighted by molar-refractivity contribution is 6.20. The van der Waals surface area contributed by atoms with E-state index >= 15 is 0 Å². The van der Waals surface area contributed by atoms with Gasteiger partial charge in [-0.25, -0.2) is 13.7 Å². The van der Waals surface area contributed by atoms with Gasteiger partial charge in [0.1, 0.15) is 23.8 Å². The van der Waals surface area contributed by atoms with Gasteiger partial charge in [0, 0.05) is 6.07 Å². The van der Waals surface area contributed by atoms with E-state index in [0.717, 1.165) is 6.07 Å². The van der Waals surface area contributed by atoms with Crippen LogP contribution in [0.25, 0.3) is 0 Å². The molecule has 0 aliphatic carbocycles. The fraction of sp³-hybridized carbons (Fsp3) is 0.333. The number of ether oxygens (including phenoxy) is 1. The van der Waals surface area contributed by atoms with Crippen LogP contribution in [0.3, 0.4) is 0 Å². The number of fused-ring (bicyclic) bond motifs is 2. The van der Waals surface area contributed by atoms with Crippen LogP contribution in [0.2, 0.25) is 0 Å². The molecule has 1 aromatic rings. The largest absolute Gasteiger partial charge is 0.396 e. The molecule has 100 valence electrons. The lowest BCUT2D eigenvalue weighted by molar-refractivity contribution is -0.146. The van der Waals surface area contributed by atoms with Gasteiger partial charge >= 0.3 is 0 Å². The third kappa shape index (κ3) is 1.69. The molecule has 2 amide bonds. The molecule has 3 rings (SSSR count). The smallest absolute Gasteiger partial charge is 0.263 e. The zero-order valence-electron chi connectivity index (χ0n) is 9.73. The van der Waals surface area contributed by atoms with Crippen molar-refractivity contribution < 1.29 is 23.1 Å². The van der Waals surface area contributed by atoms with E-state index in [2.05, 4.69) is 0 Å². The van der Waals surface area contributed by atoms with Crippen LogP contribution < -0.4 is 10.6 Å². The van der Waals surface area contributed by atoms with Gasteiger partial charge in [-0.05, 0) is 18.9 Å². The van der Waals surface area contributed by atoms with E-state index in [-0.39, 0.29) is 11.4 Å². The lowest BCUT2D eigenvalue weighted by Gasteiger charge is -2.30. The Hall–Kier alpha value is -2.02. The highest BCUT2D eigenvalue weighted by Crippen LogP contribution is 2.34. The summed E-state index contributed by atoms with van der Waals surface area (Å²) in [6, 6.07) is 1.51. The molecule has 0 aromatic heterocycles. The van der Waals surface area contributed by atoms with Crippen LogP contribution >= 0.6 is 0 Å². The van der Waals surface area contributed by atoms with Gasteiger partial charge in [-0.15, -0.1) is 0 Å². The van der Waals surface area contributed by atoms with Gasteiger partial charge in [0.25, 0.3) is 11.8 Å². The number of anilines is 2. The summed E-state index contributed by atoms with van der Waals surface area (Å²) in [5, 5.41) is 0. The Morgan fingerprint density at radius 3 is 2.26 bits per heavy atom. The Kier molecular flexibility index (Phi) is 2.53. The molecule has 7 heteroatoms. The van der Waals surface area contributed by atoms with E-state index in [4.69, 9.17) is 10.5 Å². The summed E-state index contributed by atoms with van der Waals surface area (Å²) >= 11 is 0. The Balaban J connectivity index is 2.08. The normalized spacial score (nSPS) is 26.1. The number of amides is 2. The zero-order chi connectivity index (χ0) is 13.7. The monoisotopic (exact) mass is 268 g/mol. The van der Waals surface area contributed by atoms with Gasteiger partial charge in [-0.3, -0.25) is 9.59 Å². The minimum absolute atomic E-state index is 0.323. The van der Waals surface area contributed by atoms with Crippen molar-refractivity contribution in [1.82, 2.24) is 0 Å². The fourth-order valence-electron chi connectivity index (χ4n) is 2.36. The maximum atomic E-state index is 13.8. The van der Waals surface area contributed by atoms with Crippen molar-refractivity contribution in [3.63, 3.8) is 0 Å². The number of nitrogen functional groups attached to an aromatic ring is 1. The molecular weight excluding hydrogens is 258 g/mol. The van der Waals surface area contributed by atoms with Gasteiger partial charge in [-0.1, -0.05) is 0 Å². The van der Waals surface area contributed by atoms with Crippen molar-refractivity contribution in [3.05, 3.63) is 23.8 Å². The van der Waals surface area contributed by atoms with Gasteiger partial charge in [0.2, 0.25) is 0 Å². The molecule has 5 nitrogen and oxygen atoms in total. The highest BCUT2D eigenvalue weighted by atomic mass is 19.1. The SMILES string of the molecule is Nc1cc(N2C(=O)C3CCC(O3)C2=O)c(F)cc1F. The lowest BCUT2D eigenvalue weighted by Crippen LogP contribution is -2.52. The number of carbonyl (C=O) groups excluding carboxylic acids is 2. The molecule has 2 saturated heterocycles. The molecule has 2 aliphatic heterocycles. The van der Waals surface area contributed by atoms with E-state index in [1.54, 1.807) is 0 Å². The lowest BCUT2D eigenvalue weighted by atomic mass is 10.2. The summed E-state index contributed by atoms with van der Waals surface area (Å²) in [7, 11) is 0. The minimum Gasteiger partial charge on any atom is -0.396 e. The molecule has 2 bridgehead atoms. The second kappa shape index (κ2) is 3.99. The summed E-state index contributed by atoms with van der Waals surface area (Å²) < 4.78 is 32.1. The molecule has 2 atom stereocenters. The molecule has 1 aromatic carbocycles. The van der Waals surface area contributed by atoms with E-state index < -0.39 is 35.7 Å². The average Bonchev–Trinajstić information content (AvgIpc) is 2.80. The van der Waals surface area contributed by atoms with Crippen LogP contribution in [-0.2, 0) is 14.3 Å². The van der Waals surface area contributed by atoms with E-state index in [1.165, 1.54) is 0 Å². The van der Waals surface area contributed by atoms with Crippen LogP contribution in [-0.4, -0.2) is 24.0 Å². The molecule has 0 saturated carbocycles. The van der Waals surface area contributed by atoms with Crippen molar-refractivity contribution >= 4 is 23.2 Å².